The van der Waals surface area contributed by atoms with Gasteiger partial charge in [0.2, 0.25) is 5.91 Å². The number of fused-ring (bicyclic) bond motifs is 1. The van der Waals surface area contributed by atoms with Crippen molar-refractivity contribution in [1.29, 1.82) is 0 Å². The third kappa shape index (κ3) is 5.68. The van der Waals surface area contributed by atoms with Crippen LogP contribution in [0, 0.1) is 11.6 Å². The molecule has 0 saturated carbocycles. The molecule has 0 atom stereocenters. The number of carbonyl (C=O) groups excluding carboxylic acids is 1. The van der Waals surface area contributed by atoms with Crippen molar-refractivity contribution in [2.75, 3.05) is 10.7 Å². The molecular weight excluding hydrogens is 434 g/mol. The van der Waals surface area contributed by atoms with Gasteiger partial charge in [0.1, 0.15) is 11.6 Å². The molecule has 0 fully saturated rings. The van der Waals surface area contributed by atoms with Crippen LogP contribution >= 0.6 is 23.1 Å². The Morgan fingerprint density at radius 1 is 0.968 bits per heavy atom. The van der Waals surface area contributed by atoms with E-state index in [0.29, 0.717) is 34.7 Å². The zero-order valence-electron chi connectivity index (χ0n) is 16.6. The highest BCUT2D eigenvalue weighted by atomic mass is 32.2. The Labute approximate surface area is 187 Å². The van der Waals surface area contributed by atoms with E-state index in [0.717, 1.165) is 16.2 Å². The van der Waals surface area contributed by atoms with Gasteiger partial charge in [-0.05, 0) is 60.2 Å². The van der Waals surface area contributed by atoms with Gasteiger partial charge in [-0.15, -0.1) is 11.8 Å². The summed E-state index contributed by atoms with van der Waals surface area (Å²) in [6.45, 7) is 0.410. The molecule has 4 aromatic rings. The number of hydrogen-bond donors (Lipinski definition) is 0. The summed E-state index contributed by atoms with van der Waals surface area (Å²) in [7, 11) is 0. The van der Waals surface area contributed by atoms with E-state index in [9.17, 15) is 13.6 Å². The van der Waals surface area contributed by atoms with Crippen LogP contribution in [0.3, 0.4) is 0 Å². The van der Waals surface area contributed by atoms with Gasteiger partial charge in [0.05, 0.1) is 16.8 Å². The van der Waals surface area contributed by atoms with Gasteiger partial charge < -0.3 is 0 Å². The zero-order chi connectivity index (χ0) is 21.6. The number of hydrogen-bond acceptors (Lipinski definition) is 4. The van der Waals surface area contributed by atoms with Crippen LogP contribution in [0.2, 0.25) is 0 Å². The summed E-state index contributed by atoms with van der Waals surface area (Å²) in [6.07, 6.45) is 1.05. The van der Waals surface area contributed by atoms with Gasteiger partial charge in [0.15, 0.2) is 5.13 Å². The molecular formula is C24H20F2N2OS2. The summed E-state index contributed by atoms with van der Waals surface area (Å²) in [6, 6.07) is 20.6. The fourth-order valence-corrected chi connectivity index (χ4v) is 4.97. The van der Waals surface area contributed by atoms with Crippen LogP contribution in [0.4, 0.5) is 13.9 Å². The minimum atomic E-state index is -0.318. The number of halogens is 2. The highest BCUT2D eigenvalue weighted by Gasteiger charge is 2.20. The van der Waals surface area contributed by atoms with Crippen molar-refractivity contribution in [3.05, 3.63) is 90.0 Å². The molecule has 0 bridgehead atoms. The van der Waals surface area contributed by atoms with E-state index >= 15 is 0 Å². The molecule has 1 amide bonds. The van der Waals surface area contributed by atoms with Crippen LogP contribution in [0.5, 0.6) is 0 Å². The second-order valence-corrected chi connectivity index (χ2v) is 9.16. The SMILES string of the molecule is O=C(CCCSc1ccc(F)cc1)N(Cc1ccccc1)c1nc2ccc(F)cc2s1. The number of anilines is 1. The second kappa shape index (κ2) is 10.0. The average molecular weight is 455 g/mol. The smallest absolute Gasteiger partial charge is 0.229 e. The topological polar surface area (TPSA) is 33.2 Å². The maximum Gasteiger partial charge on any atom is 0.229 e. The lowest BCUT2D eigenvalue weighted by molar-refractivity contribution is -0.118. The Morgan fingerprint density at radius 3 is 2.48 bits per heavy atom. The summed E-state index contributed by atoms with van der Waals surface area (Å²) in [5.41, 5.74) is 1.68. The predicted molar refractivity (Wildman–Crippen MR) is 124 cm³/mol. The standard InChI is InChI=1S/C24H20F2N2OS2/c25-18-8-11-20(12-9-18)30-14-4-7-23(29)28(16-17-5-2-1-3-6-17)24-27-21-13-10-19(26)15-22(21)31-24/h1-3,5-6,8-13,15H,4,7,14,16H2. The highest BCUT2D eigenvalue weighted by Crippen LogP contribution is 2.31. The maximum absolute atomic E-state index is 13.6. The van der Waals surface area contributed by atoms with Crippen LogP contribution in [-0.2, 0) is 11.3 Å². The van der Waals surface area contributed by atoms with Crippen molar-refractivity contribution >= 4 is 44.4 Å². The molecule has 4 rings (SSSR count). The monoisotopic (exact) mass is 454 g/mol. The minimum Gasteiger partial charge on any atom is -0.284 e. The summed E-state index contributed by atoms with van der Waals surface area (Å²) >= 11 is 2.91. The lowest BCUT2D eigenvalue weighted by Gasteiger charge is -2.20. The number of amides is 1. The molecule has 158 valence electrons. The first-order chi connectivity index (χ1) is 15.1. The Balaban J connectivity index is 1.46. The molecule has 0 spiro atoms. The normalized spacial score (nSPS) is 11.0. The lowest BCUT2D eigenvalue weighted by atomic mass is 10.2. The maximum atomic E-state index is 13.6. The molecule has 3 aromatic carbocycles. The number of carbonyl (C=O) groups is 1. The highest BCUT2D eigenvalue weighted by molar-refractivity contribution is 7.99. The number of thioether (sulfide) groups is 1. The molecule has 0 aliphatic carbocycles. The van der Waals surface area contributed by atoms with Crippen LogP contribution in [-0.4, -0.2) is 16.6 Å². The number of aromatic nitrogens is 1. The predicted octanol–water partition coefficient (Wildman–Crippen LogP) is 6.68. The van der Waals surface area contributed by atoms with Crippen molar-refractivity contribution in [1.82, 2.24) is 4.98 Å². The van der Waals surface area contributed by atoms with E-state index in [1.807, 2.05) is 30.3 Å². The first kappa shape index (κ1) is 21.5. The van der Waals surface area contributed by atoms with Gasteiger partial charge in [0, 0.05) is 11.3 Å². The largest absolute Gasteiger partial charge is 0.284 e. The van der Waals surface area contributed by atoms with Crippen molar-refractivity contribution in [2.24, 2.45) is 0 Å². The van der Waals surface area contributed by atoms with E-state index in [1.165, 1.54) is 35.6 Å². The Bertz CT molecular complexity index is 1160. The third-order valence-corrected chi connectivity index (χ3v) is 6.81. The molecule has 0 saturated heterocycles. The molecule has 1 aromatic heterocycles. The first-order valence-corrected chi connectivity index (χ1v) is 11.7. The summed E-state index contributed by atoms with van der Waals surface area (Å²) in [5.74, 6) is 0.151. The molecule has 31 heavy (non-hydrogen) atoms. The summed E-state index contributed by atoms with van der Waals surface area (Å²) in [5, 5.41) is 0.570. The quantitative estimate of drug-likeness (QED) is 0.220. The summed E-state index contributed by atoms with van der Waals surface area (Å²) < 4.78 is 27.3. The number of thiazole rings is 1. The van der Waals surface area contributed by atoms with E-state index < -0.39 is 0 Å². The van der Waals surface area contributed by atoms with Gasteiger partial charge >= 0.3 is 0 Å². The summed E-state index contributed by atoms with van der Waals surface area (Å²) in [4.78, 5) is 20.3. The van der Waals surface area contributed by atoms with Gasteiger partial charge in [-0.2, -0.15) is 0 Å². The minimum absolute atomic E-state index is 0.0249. The fourth-order valence-electron chi connectivity index (χ4n) is 3.11. The Hall–Kier alpha value is -2.77. The van der Waals surface area contributed by atoms with Crippen LogP contribution < -0.4 is 4.90 Å². The molecule has 0 aliphatic rings. The first-order valence-electron chi connectivity index (χ1n) is 9.87. The Kier molecular flexibility index (Phi) is 6.94. The van der Waals surface area contributed by atoms with E-state index in [4.69, 9.17) is 0 Å². The van der Waals surface area contributed by atoms with E-state index in [-0.39, 0.29) is 17.5 Å². The van der Waals surface area contributed by atoms with Crippen molar-refractivity contribution in [2.45, 2.75) is 24.3 Å². The molecule has 7 heteroatoms. The van der Waals surface area contributed by atoms with Crippen molar-refractivity contribution in [3.63, 3.8) is 0 Å². The molecule has 1 heterocycles. The van der Waals surface area contributed by atoms with Crippen LogP contribution in [0.15, 0.2) is 77.7 Å². The van der Waals surface area contributed by atoms with Gasteiger partial charge in [-0.3, -0.25) is 9.69 Å². The number of rotatable bonds is 8. The lowest BCUT2D eigenvalue weighted by Crippen LogP contribution is -2.30. The van der Waals surface area contributed by atoms with E-state index in [2.05, 4.69) is 4.98 Å². The van der Waals surface area contributed by atoms with Crippen molar-refractivity contribution < 1.29 is 13.6 Å². The zero-order valence-corrected chi connectivity index (χ0v) is 18.3. The second-order valence-electron chi connectivity index (χ2n) is 6.98. The molecule has 0 aliphatic heterocycles. The number of benzene rings is 3. The fraction of sp³-hybridized carbons (Fsp3) is 0.167. The number of nitrogens with zero attached hydrogens (tertiary/aromatic N) is 2. The Morgan fingerprint density at radius 2 is 1.71 bits per heavy atom. The van der Waals surface area contributed by atoms with Crippen molar-refractivity contribution in [3.8, 4) is 0 Å². The average Bonchev–Trinajstić information content (AvgIpc) is 3.19. The van der Waals surface area contributed by atoms with Gasteiger partial charge in [-0.1, -0.05) is 41.7 Å². The van der Waals surface area contributed by atoms with Gasteiger partial charge in [0.25, 0.3) is 0 Å². The van der Waals surface area contributed by atoms with Crippen LogP contribution in [0.1, 0.15) is 18.4 Å². The molecule has 0 radical (unpaired) electrons. The molecule has 0 N–H and O–H groups in total. The van der Waals surface area contributed by atoms with E-state index in [1.54, 1.807) is 34.9 Å². The third-order valence-electron chi connectivity index (χ3n) is 4.67. The molecule has 3 nitrogen and oxygen atoms in total. The van der Waals surface area contributed by atoms with Gasteiger partial charge in [-0.25, -0.2) is 13.8 Å². The molecule has 0 unspecified atom stereocenters. The van der Waals surface area contributed by atoms with Crippen LogP contribution in [0.25, 0.3) is 10.2 Å².